The van der Waals surface area contributed by atoms with Gasteiger partial charge < -0.3 is 5.73 Å². The molecule has 0 radical (unpaired) electrons. The lowest BCUT2D eigenvalue weighted by Crippen LogP contribution is -2.37. The maximum absolute atomic E-state index is 11.7. The normalized spacial score (nSPS) is 16.9. The molecule has 0 aromatic carbocycles. The smallest absolute Gasteiger partial charge is 0.328 e. The van der Waals surface area contributed by atoms with Gasteiger partial charge in [-0.3, -0.25) is 19.1 Å². The minimum absolute atomic E-state index is 0.0613. The maximum atomic E-state index is 11.7. The third-order valence-electron chi connectivity index (χ3n) is 3.20. The SMILES string of the molecule is NC(=O)c1cn(C2CCCCC2)c(=O)[nH]c1=O. The molecular formula is C11H15N3O3. The number of nitrogens with zero attached hydrogens (tertiary/aromatic N) is 1. The summed E-state index contributed by atoms with van der Waals surface area (Å²) in [7, 11) is 0. The summed E-state index contributed by atoms with van der Waals surface area (Å²) < 4.78 is 1.43. The van der Waals surface area contributed by atoms with E-state index in [4.69, 9.17) is 5.73 Å². The lowest BCUT2D eigenvalue weighted by atomic mass is 9.95. The molecule has 1 aromatic rings. The van der Waals surface area contributed by atoms with E-state index in [1.807, 2.05) is 0 Å². The first-order valence-electron chi connectivity index (χ1n) is 5.75. The number of aromatic amines is 1. The van der Waals surface area contributed by atoms with Crippen molar-refractivity contribution in [1.82, 2.24) is 9.55 Å². The molecule has 1 aliphatic carbocycles. The summed E-state index contributed by atoms with van der Waals surface area (Å²) in [6, 6.07) is 0.0613. The van der Waals surface area contributed by atoms with Gasteiger partial charge in [0.2, 0.25) is 0 Å². The first kappa shape index (κ1) is 11.6. The second kappa shape index (κ2) is 4.57. The highest BCUT2D eigenvalue weighted by Gasteiger charge is 2.18. The van der Waals surface area contributed by atoms with Crippen molar-refractivity contribution in [2.75, 3.05) is 0 Å². The number of hydrogen-bond donors (Lipinski definition) is 2. The Morgan fingerprint density at radius 1 is 1.29 bits per heavy atom. The summed E-state index contributed by atoms with van der Waals surface area (Å²) in [5.74, 6) is -0.809. The van der Waals surface area contributed by atoms with Crippen LogP contribution in [-0.2, 0) is 0 Å². The summed E-state index contributed by atoms with van der Waals surface area (Å²) in [5, 5.41) is 0. The van der Waals surface area contributed by atoms with Gasteiger partial charge in [0.1, 0.15) is 5.56 Å². The topological polar surface area (TPSA) is 97.9 Å². The Morgan fingerprint density at radius 2 is 1.94 bits per heavy atom. The average Bonchev–Trinajstić information content (AvgIpc) is 2.29. The number of rotatable bonds is 2. The predicted molar refractivity (Wildman–Crippen MR) is 62.0 cm³/mol. The fourth-order valence-electron chi connectivity index (χ4n) is 2.29. The minimum atomic E-state index is -0.809. The first-order chi connectivity index (χ1) is 8.09. The van der Waals surface area contributed by atoms with Gasteiger partial charge >= 0.3 is 5.69 Å². The molecule has 1 aliphatic rings. The molecule has 1 saturated carbocycles. The van der Waals surface area contributed by atoms with Crippen LogP contribution in [0.5, 0.6) is 0 Å². The molecule has 1 heterocycles. The van der Waals surface area contributed by atoms with E-state index in [2.05, 4.69) is 4.98 Å². The standard InChI is InChI=1S/C11H15N3O3/c12-9(15)8-6-14(11(17)13-10(8)16)7-4-2-1-3-5-7/h6-7H,1-5H2,(H2,12,15)(H,13,16,17). The van der Waals surface area contributed by atoms with Crippen molar-refractivity contribution in [3.63, 3.8) is 0 Å². The Hall–Kier alpha value is -1.85. The molecule has 1 amide bonds. The van der Waals surface area contributed by atoms with Crippen molar-refractivity contribution in [2.24, 2.45) is 5.73 Å². The van der Waals surface area contributed by atoms with Crippen molar-refractivity contribution < 1.29 is 4.79 Å². The first-order valence-corrected chi connectivity index (χ1v) is 5.75. The molecule has 0 aliphatic heterocycles. The lowest BCUT2D eigenvalue weighted by molar-refractivity contribution is 0.0997. The fourth-order valence-corrected chi connectivity index (χ4v) is 2.29. The molecule has 0 atom stereocenters. The largest absolute Gasteiger partial charge is 0.365 e. The Kier molecular flexibility index (Phi) is 3.12. The molecule has 1 fully saturated rings. The number of nitrogens with two attached hydrogens (primary N) is 1. The second-order valence-electron chi connectivity index (χ2n) is 4.37. The van der Waals surface area contributed by atoms with E-state index in [9.17, 15) is 14.4 Å². The fraction of sp³-hybridized carbons (Fsp3) is 0.545. The number of carbonyl (C=O) groups is 1. The molecule has 2 rings (SSSR count). The van der Waals surface area contributed by atoms with Gasteiger partial charge in [-0.15, -0.1) is 0 Å². The predicted octanol–water partition coefficient (Wildman–Crippen LogP) is 0.141. The van der Waals surface area contributed by atoms with Crippen LogP contribution in [0.15, 0.2) is 15.8 Å². The molecule has 0 unspecified atom stereocenters. The van der Waals surface area contributed by atoms with Gasteiger partial charge in [0, 0.05) is 12.2 Å². The summed E-state index contributed by atoms with van der Waals surface area (Å²) in [4.78, 5) is 36.2. The van der Waals surface area contributed by atoms with Gasteiger partial charge in [0.25, 0.3) is 11.5 Å². The monoisotopic (exact) mass is 237 g/mol. The van der Waals surface area contributed by atoms with Crippen LogP contribution in [0.1, 0.15) is 48.5 Å². The Labute approximate surface area is 97.5 Å². The number of primary amides is 1. The van der Waals surface area contributed by atoms with Gasteiger partial charge in [0.05, 0.1) is 0 Å². The summed E-state index contributed by atoms with van der Waals surface area (Å²) in [6.07, 6.45) is 6.36. The highest BCUT2D eigenvalue weighted by atomic mass is 16.2. The van der Waals surface area contributed by atoms with E-state index in [1.165, 1.54) is 10.8 Å². The van der Waals surface area contributed by atoms with E-state index < -0.39 is 17.2 Å². The zero-order valence-electron chi connectivity index (χ0n) is 9.44. The van der Waals surface area contributed by atoms with Crippen molar-refractivity contribution in [3.05, 3.63) is 32.6 Å². The number of aromatic nitrogens is 2. The van der Waals surface area contributed by atoms with Crippen LogP contribution in [-0.4, -0.2) is 15.5 Å². The molecule has 0 spiro atoms. The van der Waals surface area contributed by atoms with Crippen LogP contribution in [0.25, 0.3) is 0 Å². The van der Waals surface area contributed by atoms with Crippen molar-refractivity contribution >= 4 is 5.91 Å². The zero-order valence-corrected chi connectivity index (χ0v) is 9.44. The van der Waals surface area contributed by atoms with E-state index in [1.54, 1.807) is 0 Å². The van der Waals surface area contributed by atoms with Gasteiger partial charge in [-0.2, -0.15) is 0 Å². The van der Waals surface area contributed by atoms with Crippen molar-refractivity contribution in [2.45, 2.75) is 38.1 Å². The van der Waals surface area contributed by atoms with E-state index in [-0.39, 0.29) is 11.6 Å². The van der Waals surface area contributed by atoms with Gasteiger partial charge in [-0.05, 0) is 12.8 Å². The van der Waals surface area contributed by atoms with Crippen LogP contribution in [0.3, 0.4) is 0 Å². The van der Waals surface area contributed by atoms with Crippen LogP contribution in [0.2, 0.25) is 0 Å². The molecule has 6 nitrogen and oxygen atoms in total. The van der Waals surface area contributed by atoms with E-state index in [0.717, 1.165) is 32.1 Å². The van der Waals surface area contributed by atoms with Gasteiger partial charge in [-0.1, -0.05) is 19.3 Å². The van der Waals surface area contributed by atoms with Gasteiger partial charge in [0.15, 0.2) is 0 Å². The number of amides is 1. The third-order valence-corrected chi connectivity index (χ3v) is 3.20. The average molecular weight is 237 g/mol. The minimum Gasteiger partial charge on any atom is -0.365 e. The summed E-state index contributed by atoms with van der Waals surface area (Å²) in [5.41, 5.74) is 3.75. The molecule has 1 aromatic heterocycles. The van der Waals surface area contributed by atoms with Crippen LogP contribution in [0, 0.1) is 0 Å². The van der Waals surface area contributed by atoms with Crippen molar-refractivity contribution in [3.8, 4) is 0 Å². The molecule has 0 bridgehead atoms. The molecule has 6 heteroatoms. The van der Waals surface area contributed by atoms with Crippen molar-refractivity contribution in [1.29, 1.82) is 0 Å². The number of H-pyrrole nitrogens is 1. The highest BCUT2D eigenvalue weighted by Crippen LogP contribution is 2.26. The van der Waals surface area contributed by atoms with Crippen LogP contribution in [0.4, 0.5) is 0 Å². The molecule has 3 N–H and O–H groups in total. The van der Waals surface area contributed by atoms with Gasteiger partial charge in [-0.25, -0.2) is 4.79 Å². The molecule has 0 saturated heterocycles. The number of carbonyl (C=O) groups excluding carboxylic acids is 1. The molecule has 17 heavy (non-hydrogen) atoms. The molecule has 92 valence electrons. The zero-order chi connectivity index (χ0) is 12.4. The highest BCUT2D eigenvalue weighted by molar-refractivity contribution is 5.91. The molecular weight excluding hydrogens is 222 g/mol. The quantitative estimate of drug-likeness (QED) is 0.765. The number of nitrogens with one attached hydrogen (secondary N) is 1. The van der Waals surface area contributed by atoms with E-state index >= 15 is 0 Å². The summed E-state index contributed by atoms with van der Waals surface area (Å²) in [6.45, 7) is 0. The Morgan fingerprint density at radius 3 is 2.53 bits per heavy atom. The Balaban J connectivity index is 2.46. The Bertz CT molecular complexity index is 538. The third kappa shape index (κ3) is 2.30. The van der Waals surface area contributed by atoms with Crippen LogP contribution >= 0.6 is 0 Å². The maximum Gasteiger partial charge on any atom is 0.328 e. The summed E-state index contributed by atoms with van der Waals surface area (Å²) >= 11 is 0. The van der Waals surface area contributed by atoms with E-state index in [0.29, 0.717) is 0 Å². The second-order valence-corrected chi connectivity index (χ2v) is 4.37. The van der Waals surface area contributed by atoms with Crippen LogP contribution < -0.4 is 17.0 Å². The number of hydrogen-bond acceptors (Lipinski definition) is 3. The lowest BCUT2D eigenvalue weighted by Gasteiger charge is -2.23.